The van der Waals surface area contributed by atoms with Crippen LogP contribution in [0.5, 0.6) is 11.5 Å². The van der Waals surface area contributed by atoms with Crippen LogP contribution in [0.15, 0.2) is 109 Å². The second kappa shape index (κ2) is 10.2. The molecule has 0 fully saturated rings. The summed E-state index contributed by atoms with van der Waals surface area (Å²) >= 11 is 0. The quantitative estimate of drug-likeness (QED) is 0.236. The summed E-state index contributed by atoms with van der Waals surface area (Å²) in [5.41, 5.74) is 6.40. The first kappa shape index (κ1) is 24.0. The van der Waals surface area contributed by atoms with E-state index >= 15 is 0 Å². The van der Waals surface area contributed by atoms with E-state index in [9.17, 15) is 5.26 Å². The number of aromatic nitrogens is 3. The minimum atomic E-state index is 0.435. The molecular weight excluding hydrogens is 484 g/mol. The van der Waals surface area contributed by atoms with Gasteiger partial charge < -0.3 is 9.47 Å². The summed E-state index contributed by atoms with van der Waals surface area (Å²) in [7, 11) is 3.25. The maximum absolute atomic E-state index is 10.7. The summed E-state index contributed by atoms with van der Waals surface area (Å²) in [5.74, 6) is 1.27. The molecule has 2 heterocycles. The monoisotopic (exact) mass is 508 g/mol. The van der Waals surface area contributed by atoms with Crippen molar-refractivity contribution in [2.45, 2.75) is 0 Å². The molecule has 6 heteroatoms. The molecule has 0 radical (unpaired) electrons. The van der Waals surface area contributed by atoms with E-state index in [0.717, 1.165) is 33.5 Å². The van der Waals surface area contributed by atoms with Gasteiger partial charge in [-0.1, -0.05) is 78.9 Å². The Kier molecular flexibility index (Phi) is 6.24. The molecule has 0 aliphatic rings. The maximum atomic E-state index is 10.7. The van der Waals surface area contributed by atoms with Gasteiger partial charge in [-0.25, -0.2) is 9.67 Å². The highest BCUT2D eigenvalue weighted by molar-refractivity contribution is 6.08. The van der Waals surface area contributed by atoms with Crippen molar-refractivity contribution >= 4 is 11.0 Å². The Morgan fingerprint density at radius 1 is 0.718 bits per heavy atom. The van der Waals surface area contributed by atoms with Crippen LogP contribution in [0.4, 0.5) is 0 Å². The van der Waals surface area contributed by atoms with Gasteiger partial charge in [0.25, 0.3) is 0 Å². The largest absolute Gasteiger partial charge is 0.497 e. The van der Waals surface area contributed by atoms with Crippen LogP contribution in [-0.2, 0) is 0 Å². The number of benzene rings is 4. The molecule has 0 atom stereocenters. The zero-order chi connectivity index (χ0) is 26.8. The highest BCUT2D eigenvalue weighted by Gasteiger charge is 2.27. The summed E-state index contributed by atoms with van der Waals surface area (Å²) in [6.45, 7) is 0. The molecule has 6 aromatic rings. The fourth-order valence-corrected chi connectivity index (χ4v) is 4.89. The Balaban J connectivity index is 1.85. The number of nitrogens with zero attached hydrogens (tertiary/aromatic N) is 4. The van der Waals surface area contributed by atoms with E-state index in [1.165, 1.54) is 0 Å². The molecule has 0 N–H and O–H groups in total. The summed E-state index contributed by atoms with van der Waals surface area (Å²) in [4.78, 5) is 5.13. The van der Waals surface area contributed by atoms with Crippen LogP contribution in [0, 0.1) is 11.3 Å². The molecule has 0 saturated heterocycles. The number of pyridine rings is 1. The molecule has 0 aliphatic heterocycles. The SMILES string of the molecule is COc1ccc(OC)c(-c2c(C#N)c(-c3ccccc3)nc3c2c(-c2ccccc2)nn3-c2ccccc2)c1. The first-order valence-corrected chi connectivity index (χ1v) is 12.5. The zero-order valence-corrected chi connectivity index (χ0v) is 21.5. The van der Waals surface area contributed by atoms with Gasteiger partial charge in [0.1, 0.15) is 23.3 Å². The molecule has 0 amide bonds. The van der Waals surface area contributed by atoms with E-state index in [4.69, 9.17) is 19.6 Å². The predicted molar refractivity (Wildman–Crippen MR) is 153 cm³/mol. The highest BCUT2D eigenvalue weighted by Crippen LogP contribution is 2.45. The number of para-hydroxylation sites is 1. The van der Waals surface area contributed by atoms with Crippen molar-refractivity contribution in [3.05, 3.63) is 115 Å². The third-order valence-electron chi connectivity index (χ3n) is 6.70. The lowest BCUT2D eigenvalue weighted by Gasteiger charge is -2.16. The van der Waals surface area contributed by atoms with Crippen molar-refractivity contribution in [1.82, 2.24) is 14.8 Å². The molecule has 6 nitrogen and oxygen atoms in total. The van der Waals surface area contributed by atoms with Crippen molar-refractivity contribution in [3.8, 4) is 56.9 Å². The molecule has 0 unspecified atom stereocenters. The van der Waals surface area contributed by atoms with Crippen LogP contribution in [0.2, 0.25) is 0 Å². The Morgan fingerprint density at radius 3 is 1.92 bits per heavy atom. The van der Waals surface area contributed by atoms with Gasteiger partial charge in [-0.05, 0) is 30.3 Å². The van der Waals surface area contributed by atoms with Crippen molar-refractivity contribution in [2.75, 3.05) is 14.2 Å². The van der Waals surface area contributed by atoms with E-state index in [2.05, 4.69) is 6.07 Å². The van der Waals surface area contributed by atoms with Crippen molar-refractivity contribution in [2.24, 2.45) is 0 Å². The fourth-order valence-electron chi connectivity index (χ4n) is 4.89. The fraction of sp³-hybridized carbons (Fsp3) is 0.0606. The molecule has 0 bridgehead atoms. The molecule has 0 spiro atoms. The van der Waals surface area contributed by atoms with Gasteiger partial charge in [0.05, 0.1) is 36.6 Å². The summed E-state index contributed by atoms with van der Waals surface area (Å²) < 4.78 is 13.3. The minimum Gasteiger partial charge on any atom is -0.497 e. The van der Waals surface area contributed by atoms with E-state index in [-0.39, 0.29) is 0 Å². The average Bonchev–Trinajstić information content (AvgIpc) is 3.40. The lowest BCUT2D eigenvalue weighted by molar-refractivity contribution is 0.404. The van der Waals surface area contributed by atoms with Crippen LogP contribution in [0.25, 0.3) is 50.4 Å². The highest BCUT2D eigenvalue weighted by atomic mass is 16.5. The smallest absolute Gasteiger partial charge is 0.164 e. The topological polar surface area (TPSA) is 73.0 Å². The Hall–Kier alpha value is -5.41. The number of methoxy groups -OCH3 is 2. The Labute approximate surface area is 226 Å². The number of fused-ring (bicyclic) bond motifs is 1. The lowest BCUT2D eigenvalue weighted by atomic mass is 9.91. The van der Waals surface area contributed by atoms with Gasteiger partial charge in [0.2, 0.25) is 0 Å². The second-order valence-electron chi connectivity index (χ2n) is 8.92. The normalized spacial score (nSPS) is 10.8. The van der Waals surface area contributed by atoms with E-state index in [1.807, 2.05) is 114 Å². The predicted octanol–water partition coefficient (Wildman–Crippen LogP) is 7.31. The number of rotatable bonds is 6. The Morgan fingerprint density at radius 2 is 1.33 bits per heavy atom. The third-order valence-corrected chi connectivity index (χ3v) is 6.70. The van der Waals surface area contributed by atoms with Gasteiger partial charge in [-0.2, -0.15) is 10.4 Å². The summed E-state index contributed by atoms with van der Waals surface area (Å²) in [6, 6.07) is 37.7. The number of hydrogen-bond donors (Lipinski definition) is 0. The maximum Gasteiger partial charge on any atom is 0.164 e. The minimum absolute atomic E-state index is 0.435. The van der Waals surface area contributed by atoms with Crippen molar-refractivity contribution in [1.29, 1.82) is 5.26 Å². The van der Waals surface area contributed by atoms with Crippen LogP contribution < -0.4 is 9.47 Å². The first-order chi connectivity index (χ1) is 19.2. The standard InChI is InChI=1S/C33H24N4O2/c1-38-25-18-19-28(39-2)26(20-25)29-27(21-34)31(22-12-6-3-7-13-22)35-33-30(29)32(23-14-8-4-9-15-23)36-37(33)24-16-10-5-11-17-24/h3-20H,1-2H3. The molecule has 0 aliphatic carbocycles. The van der Waals surface area contributed by atoms with E-state index in [1.54, 1.807) is 14.2 Å². The van der Waals surface area contributed by atoms with Gasteiger partial charge in [-0.3, -0.25) is 0 Å². The van der Waals surface area contributed by atoms with Crippen LogP contribution in [-0.4, -0.2) is 29.0 Å². The van der Waals surface area contributed by atoms with Crippen LogP contribution >= 0.6 is 0 Å². The number of nitriles is 1. The Bertz CT molecular complexity index is 1820. The third kappa shape index (κ3) is 4.16. The first-order valence-electron chi connectivity index (χ1n) is 12.5. The van der Waals surface area contributed by atoms with Crippen molar-refractivity contribution in [3.63, 3.8) is 0 Å². The average molecular weight is 509 g/mol. The lowest BCUT2D eigenvalue weighted by Crippen LogP contribution is -2.01. The van der Waals surface area contributed by atoms with E-state index < -0.39 is 0 Å². The molecule has 4 aromatic carbocycles. The van der Waals surface area contributed by atoms with Crippen molar-refractivity contribution < 1.29 is 9.47 Å². The zero-order valence-electron chi connectivity index (χ0n) is 21.5. The van der Waals surface area contributed by atoms with E-state index in [0.29, 0.717) is 34.0 Å². The molecule has 188 valence electrons. The van der Waals surface area contributed by atoms with Gasteiger partial charge in [0, 0.05) is 22.3 Å². The van der Waals surface area contributed by atoms with Gasteiger partial charge >= 0.3 is 0 Å². The van der Waals surface area contributed by atoms with Gasteiger partial charge in [-0.15, -0.1) is 0 Å². The molecule has 6 rings (SSSR count). The second-order valence-corrected chi connectivity index (χ2v) is 8.92. The molecule has 39 heavy (non-hydrogen) atoms. The summed E-state index contributed by atoms with van der Waals surface area (Å²) in [6.07, 6.45) is 0. The number of hydrogen-bond acceptors (Lipinski definition) is 5. The van der Waals surface area contributed by atoms with Crippen LogP contribution in [0.3, 0.4) is 0 Å². The summed E-state index contributed by atoms with van der Waals surface area (Å²) in [5, 5.41) is 16.5. The van der Waals surface area contributed by atoms with Gasteiger partial charge in [0.15, 0.2) is 5.65 Å². The number of ether oxygens (including phenoxy) is 2. The molecular formula is C33H24N4O2. The van der Waals surface area contributed by atoms with Crippen LogP contribution in [0.1, 0.15) is 5.56 Å². The molecule has 2 aromatic heterocycles. The molecule has 0 saturated carbocycles.